The fraction of sp³-hybridized carbons (Fsp3) is 0.500. The number of aliphatic hydroxyl groups excluding tert-OH is 1. The summed E-state index contributed by atoms with van der Waals surface area (Å²) in [5.41, 5.74) is 2.05. The largest absolute Gasteiger partial charge is 0.396 e. The van der Waals surface area contributed by atoms with Crippen molar-refractivity contribution in [2.24, 2.45) is 0 Å². The first-order valence-corrected chi connectivity index (χ1v) is 8.06. The van der Waals surface area contributed by atoms with Gasteiger partial charge < -0.3 is 5.11 Å². The van der Waals surface area contributed by atoms with Crippen molar-refractivity contribution >= 4 is 0 Å². The fourth-order valence-corrected chi connectivity index (χ4v) is 1.98. The van der Waals surface area contributed by atoms with E-state index in [1.165, 1.54) is 25.7 Å². The Labute approximate surface area is 129 Å². The van der Waals surface area contributed by atoms with Crippen molar-refractivity contribution in [2.45, 2.75) is 58.3 Å². The molecular formula is C20H26O. The summed E-state index contributed by atoms with van der Waals surface area (Å²) in [6.07, 6.45) is 8.62. The van der Waals surface area contributed by atoms with Crippen molar-refractivity contribution in [3.8, 4) is 23.7 Å². The molecule has 1 N–H and O–H groups in total. The van der Waals surface area contributed by atoms with Crippen molar-refractivity contribution < 1.29 is 5.11 Å². The Kier molecular flexibility index (Phi) is 9.97. The van der Waals surface area contributed by atoms with Crippen molar-refractivity contribution in [2.75, 3.05) is 6.61 Å². The molecule has 0 aliphatic carbocycles. The maximum Gasteiger partial charge on any atom is 0.0431 e. The van der Waals surface area contributed by atoms with E-state index in [0.717, 1.165) is 36.8 Å². The van der Waals surface area contributed by atoms with Gasteiger partial charge in [0, 0.05) is 30.6 Å². The number of benzene rings is 1. The zero-order valence-corrected chi connectivity index (χ0v) is 13.1. The Morgan fingerprint density at radius 3 is 1.90 bits per heavy atom. The summed E-state index contributed by atoms with van der Waals surface area (Å²) >= 11 is 0. The third-order valence-electron chi connectivity index (χ3n) is 3.24. The quantitative estimate of drug-likeness (QED) is 0.576. The minimum absolute atomic E-state index is 0.252. The molecule has 1 aromatic rings. The molecule has 0 heterocycles. The number of aliphatic hydroxyl groups is 1. The van der Waals surface area contributed by atoms with E-state index in [-0.39, 0.29) is 6.61 Å². The van der Waals surface area contributed by atoms with Gasteiger partial charge in [-0.3, -0.25) is 0 Å². The number of rotatable bonds is 7. The Morgan fingerprint density at radius 1 is 0.810 bits per heavy atom. The zero-order chi connectivity index (χ0) is 15.2. The summed E-state index contributed by atoms with van der Waals surface area (Å²) in [6.45, 7) is 2.48. The number of hydrogen-bond acceptors (Lipinski definition) is 1. The van der Waals surface area contributed by atoms with Crippen LogP contribution in [0.3, 0.4) is 0 Å². The first kappa shape index (κ1) is 17.4. The van der Waals surface area contributed by atoms with Crippen LogP contribution in [-0.2, 0) is 0 Å². The molecule has 0 saturated heterocycles. The van der Waals surface area contributed by atoms with Crippen LogP contribution < -0.4 is 0 Å². The summed E-state index contributed by atoms with van der Waals surface area (Å²) in [5, 5.41) is 8.73. The van der Waals surface area contributed by atoms with E-state index in [0.29, 0.717) is 0 Å². The molecule has 0 radical (unpaired) electrons. The van der Waals surface area contributed by atoms with Gasteiger partial charge in [-0.15, -0.1) is 0 Å². The summed E-state index contributed by atoms with van der Waals surface area (Å²) in [5.74, 6) is 12.9. The maximum atomic E-state index is 8.73. The van der Waals surface area contributed by atoms with Crippen LogP contribution in [0.2, 0.25) is 0 Å². The molecule has 0 fully saturated rings. The molecule has 112 valence electrons. The van der Waals surface area contributed by atoms with Crippen LogP contribution in [0.5, 0.6) is 0 Å². The molecule has 0 spiro atoms. The van der Waals surface area contributed by atoms with Crippen molar-refractivity contribution in [1.29, 1.82) is 0 Å². The van der Waals surface area contributed by atoms with Gasteiger partial charge in [0.2, 0.25) is 0 Å². The van der Waals surface area contributed by atoms with E-state index in [1.807, 2.05) is 24.3 Å². The van der Waals surface area contributed by atoms with Gasteiger partial charge in [0.25, 0.3) is 0 Å². The van der Waals surface area contributed by atoms with Gasteiger partial charge in [-0.05, 0) is 31.4 Å². The second-order valence-corrected chi connectivity index (χ2v) is 5.14. The molecule has 0 aliphatic heterocycles. The average Bonchev–Trinajstić information content (AvgIpc) is 2.52. The van der Waals surface area contributed by atoms with E-state index < -0.39 is 0 Å². The van der Waals surface area contributed by atoms with Gasteiger partial charge >= 0.3 is 0 Å². The van der Waals surface area contributed by atoms with Crippen LogP contribution in [0.25, 0.3) is 0 Å². The molecule has 1 nitrogen and oxygen atoms in total. The van der Waals surface area contributed by atoms with Crippen LogP contribution in [0.15, 0.2) is 24.3 Å². The molecule has 0 bridgehead atoms. The third-order valence-corrected chi connectivity index (χ3v) is 3.24. The van der Waals surface area contributed by atoms with Gasteiger partial charge in [-0.25, -0.2) is 0 Å². The Balaban J connectivity index is 2.52. The van der Waals surface area contributed by atoms with Gasteiger partial charge in [0.05, 0.1) is 0 Å². The fourth-order valence-electron chi connectivity index (χ4n) is 1.98. The van der Waals surface area contributed by atoms with Crippen LogP contribution >= 0.6 is 0 Å². The molecule has 0 amide bonds. The van der Waals surface area contributed by atoms with E-state index in [4.69, 9.17) is 5.11 Å². The van der Waals surface area contributed by atoms with Crippen LogP contribution in [-0.4, -0.2) is 11.7 Å². The Bertz CT molecular complexity index is 508. The second-order valence-electron chi connectivity index (χ2n) is 5.14. The second kappa shape index (κ2) is 12.1. The molecule has 0 aliphatic rings. The Hall–Kier alpha value is -1.70. The Morgan fingerprint density at radius 2 is 1.38 bits per heavy atom. The summed E-state index contributed by atoms with van der Waals surface area (Å²) in [4.78, 5) is 0. The lowest BCUT2D eigenvalue weighted by Gasteiger charge is -1.96. The molecule has 0 aromatic heterocycles. The monoisotopic (exact) mass is 282 g/mol. The molecule has 0 saturated carbocycles. The molecule has 1 heteroatoms. The maximum absolute atomic E-state index is 8.73. The lowest BCUT2D eigenvalue weighted by Crippen LogP contribution is -1.84. The SMILES string of the molecule is CCCCCCC#Cc1ccccc1C#CCCCCO. The predicted molar refractivity (Wildman–Crippen MR) is 89.9 cm³/mol. The van der Waals surface area contributed by atoms with Gasteiger partial charge in [-0.1, -0.05) is 62.0 Å². The van der Waals surface area contributed by atoms with Gasteiger partial charge in [0.15, 0.2) is 0 Å². The minimum Gasteiger partial charge on any atom is -0.396 e. The first-order valence-electron chi connectivity index (χ1n) is 8.06. The van der Waals surface area contributed by atoms with E-state index >= 15 is 0 Å². The zero-order valence-electron chi connectivity index (χ0n) is 13.1. The highest BCUT2D eigenvalue weighted by Crippen LogP contribution is 2.07. The molecule has 1 aromatic carbocycles. The molecular weight excluding hydrogens is 256 g/mol. The average molecular weight is 282 g/mol. The summed E-state index contributed by atoms with van der Waals surface area (Å²) in [6, 6.07) is 8.08. The van der Waals surface area contributed by atoms with Gasteiger partial charge in [0.1, 0.15) is 0 Å². The lowest BCUT2D eigenvalue weighted by atomic mass is 10.1. The number of unbranched alkanes of at least 4 members (excludes halogenated alkanes) is 6. The molecule has 0 atom stereocenters. The highest BCUT2D eigenvalue weighted by molar-refractivity contribution is 5.49. The highest BCUT2D eigenvalue weighted by Gasteiger charge is 1.94. The van der Waals surface area contributed by atoms with E-state index in [9.17, 15) is 0 Å². The van der Waals surface area contributed by atoms with Crippen molar-refractivity contribution in [3.05, 3.63) is 35.4 Å². The van der Waals surface area contributed by atoms with Crippen LogP contribution in [0.4, 0.5) is 0 Å². The topological polar surface area (TPSA) is 20.2 Å². The summed E-state index contributed by atoms with van der Waals surface area (Å²) < 4.78 is 0. The number of hydrogen-bond donors (Lipinski definition) is 1. The smallest absolute Gasteiger partial charge is 0.0431 e. The predicted octanol–water partition coefficient (Wildman–Crippen LogP) is 4.52. The van der Waals surface area contributed by atoms with E-state index in [2.05, 4.69) is 30.6 Å². The van der Waals surface area contributed by atoms with Crippen molar-refractivity contribution in [1.82, 2.24) is 0 Å². The lowest BCUT2D eigenvalue weighted by molar-refractivity contribution is 0.285. The van der Waals surface area contributed by atoms with Crippen LogP contribution in [0.1, 0.15) is 69.4 Å². The first-order chi connectivity index (χ1) is 10.4. The molecule has 1 rings (SSSR count). The van der Waals surface area contributed by atoms with Crippen LogP contribution in [0, 0.1) is 23.7 Å². The third kappa shape index (κ3) is 8.23. The normalized spacial score (nSPS) is 9.43. The van der Waals surface area contributed by atoms with Crippen molar-refractivity contribution in [3.63, 3.8) is 0 Å². The highest BCUT2D eigenvalue weighted by atomic mass is 16.2. The van der Waals surface area contributed by atoms with E-state index in [1.54, 1.807) is 0 Å². The minimum atomic E-state index is 0.252. The standard InChI is InChI=1S/C20H26O/c1-2-3-4-5-6-9-14-19-16-11-12-17-20(19)15-10-7-8-13-18-21/h11-12,16-17,21H,2-8,13,18H2,1H3. The molecule has 21 heavy (non-hydrogen) atoms. The summed E-state index contributed by atoms with van der Waals surface area (Å²) in [7, 11) is 0. The molecule has 0 unspecified atom stereocenters. The van der Waals surface area contributed by atoms with Gasteiger partial charge in [-0.2, -0.15) is 0 Å².